The van der Waals surface area contributed by atoms with E-state index >= 15 is 0 Å². The van der Waals surface area contributed by atoms with Gasteiger partial charge >= 0.3 is 0 Å². The number of amides is 2. The van der Waals surface area contributed by atoms with Crippen molar-refractivity contribution in [3.63, 3.8) is 0 Å². The highest BCUT2D eigenvalue weighted by molar-refractivity contribution is 6.15. The van der Waals surface area contributed by atoms with E-state index in [0.717, 1.165) is 63.1 Å². The Kier molecular flexibility index (Phi) is 6.11. The fraction of sp³-hybridized carbons (Fsp3) is 0.219. The molecule has 0 saturated heterocycles. The van der Waals surface area contributed by atoms with Crippen molar-refractivity contribution in [3.05, 3.63) is 88.9 Å². The van der Waals surface area contributed by atoms with Crippen LogP contribution in [0.4, 0.5) is 17.5 Å². The molecule has 210 valence electrons. The van der Waals surface area contributed by atoms with Crippen LogP contribution in [0.1, 0.15) is 45.6 Å². The van der Waals surface area contributed by atoms with E-state index in [0.29, 0.717) is 29.9 Å². The summed E-state index contributed by atoms with van der Waals surface area (Å²) in [6, 6.07) is 13.8. The van der Waals surface area contributed by atoms with Crippen LogP contribution >= 0.6 is 0 Å². The van der Waals surface area contributed by atoms with E-state index in [1.807, 2.05) is 69.6 Å². The largest absolute Gasteiger partial charge is 0.359 e. The molecule has 42 heavy (non-hydrogen) atoms. The smallest absolute Gasteiger partial charge is 0.259 e. The van der Waals surface area contributed by atoms with Gasteiger partial charge in [-0.25, -0.2) is 9.97 Å². The van der Waals surface area contributed by atoms with Gasteiger partial charge in [-0.1, -0.05) is 24.3 Å². The Morgan fingerprint density at radius 2 is 1.95 bits per heavy atom. The molecule has 0 bridgehead atoms. The van der Waals surface area contributed by atoms with Crippen LogP contribution in [0.15, 0.2) is 60.9 Å². The molecule has 10 heteroatoms. The lowest BCUT2D eigenvalue weighted by Gasteiger charge is -2.17. The average molecular weight is 559 g/mol. The fourth-order valence-electron chi connectivity index (χ4n) is 5.42. The minimum Gasteiger partial charge on any atom is -0.359 e. The monoisotopic (exact) mass is 558 g/mol. The van der Waals surface area contributed by atoms with E-state index in [4.69, 9.17) is 4.98 Å². The van der Waals surface area contributed by atoms with Gasteiger partial charge in [0.1, 0.15) is 0 Å². The molecule has 1 aliphatic heterocycles. The first-order chi connectivity index (χ1) is 20.4. The Labute approximate surface area is 242 Å². The lowest BCUT2D eigenvalue weighted by molar-refractivity contribution is -0.116. The van der Waals surface area contributed by atoms with Gasteiger partial charge in [-0.2, -0.15) is 5.10 Å². The number of nitrogens with one attached hydrogen (secondary N) is 3. The quantitative estimate of drug-likeness (QED) is 0.237. The molecule has 1 aliphatic carbocycles. The second-order valence-corrected chi connectivity index (χ2v) is 10.9. The van der Waals surface area contributed by atoms with Gasteiger partial charge in [0.05, 0.1) is 23.4 Å². The number of aromatic nitrogens is 5. The van der Waals surface area contributed by atoms with Crippen molar-refractivity contribution in [2.45, 2.75) is 39.3 Å². The van der Waals surface area contributed by atoms with E-state index in [-0.39, 0.29) is 11.8 Å². The minimum absolute atomic E-state index is 0.0679. The van der Waals surface area contributed by atoms with Gasteiger partial charge in [0, 0.05) is 59.8 Å². The summed E-state index contributed by atoms with van der Waals surface area (Å²) in [7, 11) is 1.89. The van der Waals surface area contributed by atoms with Crippen LogP contribution in [0, 0.1) is 13.8 Å². The first-order valence-corrected chi connectivity index (χ1v) is 14.0. The lowest BCUT2D eigenvalue weighted by atomic mass is 10.0. The summed E-state index contributed by atoms with van der Waals surface area (Å²) in [5.41, 5.74) is 7.72. The maximum atomic E-state index is 13.6. The summed E-state index contributed by atoms with van der Waals surface area (Å²) < 4.78 is 1.79. The van der Waals surface area contributed by atoms with Gasteiger partial charge in [-0.15, -0.1) is 0 Å². The second kappa shape index (κ2) is 9.99. The zero-order valence-electron chi connectivity index (χ0n) is 23.6. The molecule has 3 N–H and O–H groups in total. The van der Waals surface area contributed by atoms with Crippen molar-refractivity contribution < 1.29 is 9.59 Å². The summed E-state index contributed by atoms with van der Waals surface area (Å²) in [5.74, 6) is 0.960. The van der Waals surface area contributed by atoms with E-state index in [1.54, 1.807) is 27.9 Å². The highest BCUT2D eigenvalue weighted by Gasteiger charge is 2.31. The number of fused-ring (bicyclic) bond motifs is 2. The molecule has 1 saturated carbocycles. The number of rotatable bonds is 7. The highest BCUT2D eigenvalue weighted by atomic mass is 16.2. The maximum absolute atomic E-state index is 13.6. The van der Waals surface area contributed by atoms with E-state index in [2.05, 4.69) is 25.7 Å². The third kappa shape index (κ3) is 4.60. The SMILES string of the molecule is Cc1cnc(Nc2cc(C)n(C)n2)nc1-c1c[nH]c2c(N3Cc4c(/C=C/C(=O)NC5CC5)cccc4C3=O)cccc12. The number of aromatic amines is 1. The predicted molar refractivity (Wildman–Crippen MR) is 162 cm³/mol. The number of carbonyl (C=O) groups excluding carboxylic acids is 2. The van der Waals surface area contributed by atoms with Crippen molar-refractivity contribution >= 4 is 46.2 Å². The first kappa shape index (κ1) is 25.7. The topological polar surface area (TPSA) is 121 Å². The van der Waals surface area contributed by atoms with Crippen molar-refractivity contribution in [3.8, 4) is 11.3 Å². The van der Waals surface area contributed by atoms with Crippen molar-refractivity contribution in [2.24, 2.45) is 7.05 Å². The zero-order chi connectivity index (χ0) is 29.0. The number of carbonyl (C=O) groups is 2. The van der Waals surface area contributed by atoms with E-state index in [1.165, 1.54) is 0 Å². The average Bonchev–Trinajstić information content (AvgIpc) is 3.44. The number of hydrogen-bond acceptors (Lipinski definition) is 6. The molecule has 0 atom stereocenters. The summed E-state index contributed by atoms with van der Waals surface area (Å²) in [4.78, 5) is 40.4. The third-order valence-electron chi connectivity index (χ3n) is 7.91. The van der Waals surface area contributed by atoms with Gasteiger partial charge in [0.25, 0.3) is 5.91 Å². The number of anilines is 3. The van der Waals surface area contributed by atoms with Crippen LogP contribution in [0.5, 0.6) is 0 Å². The highest BCUT2D eigenvalue weighted by Crippen LogP contribution is 2.38. The molecule has 1 fully saturated rings. The fourth-order valence-corrected chi connectivity index (χ4v) is 5.42. The molecule has 7 rings (SSSR count). The van der Waals surface area contributed by atoms with Crippen LogP contribution in [0.25, 0.3) is 28.2 Å². The molecule has 4 heterocycles. The first-order valence-electron chi connectivity index (χ1n) is 14.0. The van der Waals surface area contributed by atoms with Crippen molar-refractivity contribution in [1.29, 1.82) is 0 Å². The van der Waals surface area contributed by atoms with Gasteiger partial charge in [0.15, 0.2) is 5.82 Å². The van der Waals surface area contributed by atoms with Gasteiger partial charge in [0.2, 0.25) is 11.9 Å². The van der Waals surface area contributed by atoms with Crippen molar-refractivity contribution in [2.75, 3.05) is 10.2 Å². The molecule has 2 aromatic carbocycles. The molecular formula is C32H30N8O2. The van der Waals surface area contributed by atoms with Gasteiger partial charge in [-0.3, -0.25) is 14.3 Å². The number of benzene rings is 2. The van der Waals surface area contributed by atoms with E-state index in [9.17, 15) is 9.59 Å². The Morgan fingerprint density at radius 1 is 1.12 bits per heavy atom. The summed E-state index contributed by atoms with van der Waals surface area (Å²) >= 11 is 0. The summed E-state index contributed by atoms with van der Waals surface area (Å²) in [5, 5.41) is 11.6. The summed E-state index contributed by atoms with van der Waals surface area (Å²) in [6.07, 6.45) is 9.16. The molecule has 0 radical (unpaired) electrons. The standard InChI is InChI=1S/C32H30N8O2/c1-18-15-34-32(36-27-14-19(2)39(3)38-27)37-29(18)24-16-33-30-22(24)7-5-9-26(30)40-17-25-20(6-4-8-23(25)31(40)42)10-13-28(41)35-21-11-12-21/h4-10,13-16,21,33H,11-12,17H2,1-3H3,(H,35,41)(H,34,36,37,38)/b13-10+. The zero-order valence-corrected chi connectivity index (χ0v) is 23.6. The maximum Gasteiger partial charge on any atom is 0.259 e. The van der Waals surface area contributed by atoms with Crippen molar-refractivity contribution in [1.82, 2.24) is 30.0 Å². The number of aryl methyl sites for hydroxylation is 3. The minimum atomic E-state index is -0.103. The molecule has 0 unspecified atom stereocenters. The number of hydrogen-bond donors (Lipinski definition) is 3. The predicted octanol–water partition coefficient (Wildman–Crippen LogP) is 5.17. The number of H-pyrrole nitrogens is 1. The molecule has 5 aromatic rings. The lowest BCUT2D eigenvalue weighted by Crippen LogP contribution is -2.23. The number of nitrogens with zero attached hydrogens (tertiary/aromatic N) is 5. The second-order valence-electron chi connectivity index (χ2n) is 10.9. The van der Waals surface area contributed by atoms with Gasteiger partial charge in [-0.05, 0) is 61.6 Å². The molecule has 10 nitrogen and oxygen atoms in total. The molecule has 2 amide bonds. The molecule has 0 spiro atoms. The Morgan fingerprint density at radius 3 is 2.74 bits per heavy atom. The Hall–Kier alpha value is -5.25. The van der Waals surface area contributed by atoms with Gasteiger partial charge < -0.3 is 20.5 Å². The summed E-state index contributed by atoms with van der Waals surface area (Å²) in [6.45, 7) is 4.38. The van der Waals surface area contributed by atoms with Crippen LogP contribution in [0.3, 0.4) is 0 Å². The molecule has 2 aliphatic rings. The van der Waals surface area contributed by atoms with Crippen LogP contribution in [0.2, 0.25) is 0 Å². The number of para-hydroxylation sites is 1. The molecular weight excluding hydrogens is 528 g/mol. The third-order valence-corrected chi connectivity index (χ3v) is 7.91. The van der Waals surface area contributed by atoms with Crippen LogP contribution in [-0.2, 0) is 18.4 Å². The Balaban J connectivity index is 1.20. The van der Waals surface area contributed by atoms with Crippen LogP contribution in [-0.4, -0.2) is 42.6 Å². The van der Waals surface area contributed by atoms with Crippen LogP contribution < -0.4 is 15.5 Å². The molecule has 3 aromatic heterocycles. The normalized spacial score (nSPS) is 14.6. The van der Waals surface area contributed by atoms with E-state index < -0.39 is 0 Å². The Bertz CT molecular complexity index is 1890.